The zero-order valence-electron chi connectivity index (χ0n) is 14.1. The molecule has 2 N–H and O–H groups in total. The largest absolute Gasteiger partial charge is 0.466 e. The number of carbonyl (C=O) groups is 1. The monoisotopic (exact) mass is 321 g/mol. The first-order valence-corrected chi connectivity index (χ1v) is 8.30. The van der Waals surface area contributed by atoms with Crippen LogP contribution in [0.5, 0.6) is 0 Å². The van der Waals surface area contributed by atoms with Crippen LogP contribution in [0.3, 0.4) is 0 Å². The van der Waals surface area contributed by atoms with Gasteiger partial charge in [0, 0.05) is 33.0 Å². The second-order valence-electron chi connectivity index (χ2n) is 5.86. The molecule has 1 aromatic rings. The smallest absolute Gasteiger partial charge is 0.309 e. The molecule has 128 valence electrons. The molecule has 0 unspecified atom stereocenters. The van der Waals surface area contributed by atoms with Gasteiger partial charge in [0.1, 0.15) is 5.82 Å². The van der Waals surface area contributed by atoms with Gasteiger partial charge in [0.05, 0.1) is 18.2 Å². The standard InChI is InChI=1S/C17H27N3O3/c1-3-23-17(21)14-6-8-20(9-7-14)15-11-13(5-4-10-22-2)12-19-16(15)18/h11-12,14H,3-10H2,1-2H3,(H2,18,19). The maximum Gasteiger partial charge on any atom is 0.309 e. The summed E-state index contributed by atoms with van der Waals surface area (Å²) in [4.78, 5) is 18.4. The SMILES string of the molecule is CCOC(=O)C1CCN(c2cc(CCCOC)cnc2N)CC1. The van der Waals surface area contributed by atoms with Gasteiger partial charge in [-0.05, 0) is 44.2 Å². The van der Waals surface area contributed by atoms with E-state index in [1.165, 1.54) is 5.56 Å². The van der Waals surface area contributed by atoms with Crippen LogP contribution in [0.2, 0.25) is 0 Å². The van der Waals surface area contributed by atoms with Crippen molar-refractivity contribution in [3.63, 3.8) is 0 Å². The lowest BCUT2D eigenvalue weighted by molar-refractivity contribution is -0.148. The highest BCUT2D eigenvalue weighted by Gasteiger charge is 2.27. The number of nitrogens with two attached hydrogens (primary N) is 1. The van der Waals surface area contributed by atoms with Crippen LogP contribution in [0.25, 0.3) is 0 Å². The molecule has 1 aliphatic rings. The number of pyridine rings is 1. The van der Waals surface area contributed by atoms with E-state index in [0.29, 0.717) is 12.4 Å². The van der Waals surface area contributed by atoms with Crippen molar-refractivity contribution in [3.8, 4) is 0 Å². The number of rotatable bonds is 7. The van der Waals surface area contributed by atoms with E-state index >= 15 is 0 Å². The van der Waals surface area contributed by atoms with Crippen LogP contribution in [0.1, 0.15) is 31.7 Å². The summed E-state index contributed by atoms with van der Waals surface area (Å²) in [5.74, 6) is 0.479. The molecule has 0 bridgehead atoms. The van der Waals surface area contributed by atoms with Gasteiger partial charge in [-0.15, -0.1) is 0 Å². The van der Waals surface area contributed by atoms with E-state index in [4.69, 9.17) is 15.2 Å². The first-order chi connectivity index (χ1) is 11.2. The van der Waals surface area contributed by atoms with E-state index in [0.717, 1.165) is 51.1 Å². The van der Waals surface area contributed by atoms with Crippen LogP contribution in [0.4, 0.5) is 11.5 Å². The van der Waals surface area contributed by atoms with Gasteiger partial charge in [0.15, 0.2) is 0 Å². The Hall–Kier alpha value is -1.82. The second-order valence-corrected chi connectivity index (χ2v) is 5.86. The first kappa shape index (κ1) is 17.5. The van der Waals surface area contributed by atoms with Crippen molar-refractivity contribution < 1.29 is 14.3 Å². The van der Waals surface area contributed by atoms with Crippen molar-refractivity contribution in [3.05, 3.63) is 17.8 Å². The predicted octanol–water partition coefficient (Wildman–Crippen LogP) is 2.02. The maximum atomic E-state index is 11.8. The van der Waals surface area contributed by atoms with E-state index < -0.39 is 0 Å². The molecule has 0 amide bonds. The molecule has 23 heavy (non-hydrogen) atoms. The summed E-state index contributed by atoms with van der Waals surface area (Å²) in [5, 5.41) is 0. The average molecular weight is 321 g/mol. The van der Waals surface area contributed by atoms with E-state index in [-0.39, 0.29) is 11.9 Å². The van der Waals surface area contributed by atoms with E-state index in [9.17, 15) is 4.79 Å². The van der Waals surface area contributed by atoms with Gasteiger partial charge >= 0.3 is 5.97 Å². The summed E-state index contributed by atoms with van der Waals surface area (Å²) < 4.78 is 10.2. The number of nitrogens with zero attached hydrogens (tertiary/aromatic N) is 2. The third-order valence-corrected chi connectivity index (χ3v) is 4.22. The van der Waals surface area contributed by atoms with Crippen LogP contribution >= 0.6 is 0 Å². The fourth-order valence-corrected chi connectivity index (χ4v) is 2.93. The highest BCUT2D eigenvalue weighted by Crippen LogP contribution is 2.28. The van der Waals surface area contributed by atoms with E-state index in [1.54, 1.807) is 7.11 Å². The minimum atomic E-state index is -0.0773. The van der Waals surface area contributed by atoms with Gasteiger partial charge in [-0.25, -0.2) is 4.98 Å². The molecule has 0 spiro atoms. The Kier molecular flexibility index (Phi) is 6.65. The van der Waals surface area contributed by atoms with Gasteiger partial charge < -0.3 is 20.1 Å². The molecule has 1 saturated heterocycles. The van der Waals surface area contributed by atoms with Gasteiger partial charge in [0.25, 0.3) is 0 Å². The molecular weight excluding hydrogens is 294 g/mol. The Morgan fingerprint density at radius 3 is 2.83 bits per heavy atom. The average Bonchev–Trinajstić information content (AvgIpc) is 2.57. The predicted molar refractivity (Wildman–Crippen MR) is 90.4 cm³/mol. The van der Waals surface area contributed by atoms with Crippen LogP contribution in [-0.4, -0.2) is 44.4 Å². The Labute approximate surface area is 138 Å². The number of ether oxygens (including phenoxy) is 2. The lowest BCUT2D eigenvalue weighted by Gasteiger charge is -2.33. The fraction of sp³-hybridized carbons (Fsp3) is 0.647. The molecule has 0 aliphatic carbocycles. The summed E-state index contributed by atoms with van der Waals surface area (Å²) in [6.45, 7) is 4.63. The molecule has 2 rings (SSSR count). The summed E-state index contributed by atoms with van der Waals surface area (Å²) >= 11 is 0. The zero-order chi connectivity index (χ0) is 16.7. The summed E-state index contributed by atoms with van der Waals surface area (Å²) in [7, 11) is 1.71. The van der Waals surface area contributed by atoms with E-state index in [1.807, 2.05) is 13.1 Å². The molecule has 0 saturated carbocycles. The molecule has 0 radical (unpaired) electrons. The fourth-order valence-electron chi connectivity index (χ4n) is 2.93. The molecule has 2 heterocycles. The number of aromatic nitrogens is 1. The van der Waals surface area contributed by atoms with Gasteiger partial charge in [0.2, 0.25) is 0 Å². The van der Waals surface area contributed by atoms with Crippen LogP contribution < -0.4 is 10.6 Å². The molecule has 1 fully saturated rings. The zero-order valence-corrected chi connectivity index (χ0v) is 14.1. The number of hydrogen-bond donors (Lipinski definition) is 1. The van der Waals surface area contributed by atoms with Crippen molar-refractivity contribution in [1.29, 1.82) is 0 Å². The molecule has 0 aromatic carbocycles. The van der Waals surface area contributed by atoms with Crippen molar-refractivity contribution in [1.82, 2.24) is 4.98 Å². The maximum absolute atomic E-state index is 11.8. The Balaban J connectivity index is 1.96. The van der Waals surface area contributed by atoms with Crippen molar-refractivity contribution in [2.24, 2.45) is 5.92 Å². The van der Waals surface area contributed by atoms with Crippen molar-refractivity contribution >= 4 is 17.5 Å². The minimum absolute atomic E-state index is 0.00488. The number of piperidine rings is 1. The van der Waals surface area contributed by atoms with Crippen LogP contribution in [0, 0.1) is 5.92 Å². The number of nitrogen functional groups attached to an aromatic ring is 1. The van der Waals surface area contributed by atoms with Crippen molar-refractivity contribution in [2.45, 2.75) is 32.6 Å². The number of carbonyl (C=O) groups excluding carboxylic acids is 1. The number of methoxy groups -OCH3 is 1. The van der Waals surface area contributed by atoms with Gasteiger partial charge in [-0.3, -0.25) is 4.79 Å². The Morgan fingerprint density at radius 2 is 2.17 bits per heavy atom. The third kappa shape index (κ3) is 4.82. The topological polar surface area (TPSA) is 77.7 Å². The Morgan fingerprint density at radius 1 is 1.43 bits per heavy atom. The van der Waals surface area contributed by atoms with Gasteiger partial charge in [-0.2, -0.15) is 0 Å². The number of hydrogen-bond acceptors (Lipinski definition) is 6. The lowest BCUT2D eigenvalue weighted by Crippen LogP contribution is -2.37. The van der Waals surface area contributed by atoms with Crippen LogP contribution in [-0.2, 0) is 20.7 Å². The summed E-state index contributed by atoms with van der Waals surface area (Å²) in [5.41, 5.74) is 8.19. The second kappa shape index (κ2) is 8.72. The summed E-state index contributed by atoms with van der Waals surface area (Å²) in [6.07, 6.45) is 5.32. The molecular formula is C17H27N3O3. The molecule has 6 nitrogen and oxygen atoms in total. The number of anilines is 2. The number of esters is 1. The third-order valence-electron chi connectivity index (χ3n) is 4.22. The first-order valence-electron chi connectivity index (χ1n) is 8.30. The number of aryl methyl sites for hydroxylation is 1. The lowest BCUT2D eigenvalue weighted by atomic mass is 9.96. The highest BCUT2D eigenvalue weighted by molar-refractivity contribution is 5.73. The van der Waals surface area contributed by atoms with E-state index in [2.05, 4.69) is 16.0 Å². The molecule has 6 heteroatoms. The van der Waals surface area contributed by atoms with Gasteiger partial charge in [-0.1, -0.05) is 0 Å². The Bertz CT molecular complexity index is 514. The molecule has 1 aliphatic heterocycles. The normalized spacial score (nSPS) is 15.7. The minimum Gasteiger partial charge on any atom is -0.466 e. The van der Waals surface area contributed by atoms with Crippen molar-refractivity contribution in [2.75, 3.05) is 44.0 Å². The highest BCUT2D eigenvalue weighted by atomic mass is 16.5. The van der Waals surface area contributed by atoms with Crippen LogP contribution in [0.15, 0.2) is 12.3 Å². The summed E-state index contributed by atoms with van der Waals surface area (Å²) in [6, 6.07) is 2.11. The molecule has 0 atom stereocenters. The quantitative estimate of drug-likeness (QED) is 0.611. The molecule has 1 aromatic heterocycles.